The molecule has 12 nitrogen and oxygen atoms in total. The number of ether oxygens (including phenoxy) is 2. The first-order chi connectivity index (χ1) is 17.9. The zero-order chi connectivity index (χ0) is 28.7. The topological polar surface area (TPSA) is 165 Å². The van der Waals surface area contributed by atoms with Gasteiger partial charge in [0.25, 0.3) is 5.91 Å². The molecule has 0 bridgehead atoms. The van der Waals surface area contributed by atoms with Crippen molar-refractivity contribution in [1.29, 1.82) is 0 Å². The van der Waals surface area contributed by atoms with Crippen molar-refractivity contribution in [1.82, 2.24) is 26.1 Å². The minimum atomic E-state index is -0.745. The Morgan fingerprint density at radius 3 is 2.34 bits per heavy atom. The minimum absolute atomic E-state index is 0.0375. The molecule has 1 fully saturated rings. The molecule has 0 aliphatic carbocycles. The first-order valence-corrected chi connectivity index (χ1v) is 13.1. The molecule has 0 aromatic carbocycles. The van der Waals surface area contributed by atoms with Gasteiger partial charge in [0.05, 0.1) is 31.3 Å². The van der Waals surface area contributed by atoms with Crippen LogP contribution < -0.4 is 16.0 Å². The molecule has 1 aliphatic rings. The van der Waals surface area contributed by atoms with Crippen LogP contribution in [0.4, 0.5) is 0 Å². The maximum Gasteiger partial charge on any atom is 0.273 e. The molecule has 0 radical (unpaired) electrons. The fourth-order valence-corrected chi connectivity index (χ4v) is 3.58. The van der Waals surface area contributed by atoms with E-state index in [2.05, 4.69) is 26.1 Å². The van der Waals surface area contributed by atoms with E-state index < -0.39 is 11.6 Å². The highest BCUT2D eigenvalue weighted by Gasteiger charge is 2.50. The fourth-order valence-electron chi connectivity index (χ4n) is 3.04. The molecule has 1 aliphatic heterocycles. The van der Waals surface area contributed by atoms with Gasteiger partial charge >= 0.3 is 0 Å². The normalized spacial score (nSPS) is 17.1. The lowest BCUT2D eigenvalue weighted by molar-refractivity contribution is -0.130. The summed E-state index contributed by atoms with van der Waals surface area (Å²) in [5, 5.41) is 13.2. The number of hydrogen-bond acceptors (Lipinski definition) is 10. The number of hydrogen-bond donors (Lipinski definition) is 3. The highest BCUT2D eigenvalue weighted by atomic mass is 32.1. The molecule has 38 heavy (non-hydrogen) atoms. The zero-order valence-electron chi connectivity index (χ0n) is 23.0. The van der Waals surface area contributed by atoms with Crippen molar-refractivity contribution in [2.75, 3.05) is 26.9 Å². The summed E-state index contributed by atoms with van der Waals surface area (Å²) in [6.45, 7) is 12.0. The molecule has 212 valence electrons. The number of aromatic nitrogens is 2. The number of ketones is 1. The van der Waals surface area contributed by atoms with Crippen molar-refractivity contribution in [2.45, 2.75) is 65.6 Å². The number of thiazole rings is 1. The first kappa shape index (κ1) is 32.9. The monoisotopic (exact) mass is 553 g/mol. The third-order valence-corrected chi connectivity index (χ3v) is 5.72. The summed E-state index contributed by atoms with van der Waals surface area (Å²) in [5.74, 6) is 0.183. The van der Waals surface area contributed by atoms with Crippen LogP contribution in [-0.2, 0) is 23.9 Å². The summed E-state index contributed by atoms with van der Waals surface area (Å²) in [4.78, 5) is 49.1. The van der Waals surface area contributed by atoms with E-state index in [1.54, 1.807) is 38.4 Å². The van der Waals surface area contributed by atoms with Gasteiger partial charge in [0.2, 0.25) is 12.3 Å². The Balaban J connectivity index is 0.000000317. The average molecular weight is 554 g/mol. The number of amides is 3. The third kappa shape index (κ3) is 12.9. The molecule has 2 aromatic rings. The van der Waals surface area contributed by atoms with Crippen LogP contribution in [-0.4, -0.2) is 78.7 Å². The van der Waals surface area contributed by atoms with Gasteiger partial charge in [0.15, 0.2) is 11.5 Å². The molecular weight excluding hydrogens is 514 g/mol. The lowest BCUT2D eigenvalue weighted by Crippen LogP contribution is -2.48. The highest BCUT2D eigenvalue weighted by molar-refractivity contribution is 7.07. The van der Waals surface area contributed by atoms with Crippen LogP contribution in [0.15, 0.2) is 21.5 Å². The van der Waals surface area contributed by atoms with Gasteiger partial charge in [-0.2, -0.15) is 0 Å². The van der Waals surface area contributed by atoms with Crippen LogP contribution in [0.1, 0.15) is 56.1 Å². The Kier molecular flexibility index (Phi) is 14.4. The number of epoxide rings is 1. The number of nitrogens with zero attached hydrogens (tertiary/aromatic N) is 2. The quantitative estimate of drug-likeness (QED) is 0.263. The van der Waals surface area contributed by atoms with Crippen molar-refractivity contribution in [3.05, 3.63) is 34.1 Å². The molecule has 1 saturated heterocycles. The fraction of sp³-hybridized carbons (Fsp3) is 0.600. The van der Waals surface area contributed by atoms with Gasteiger partial charge in [-0.15, -0.1) is 11.3 Å². The van der Waals surface area contributed by atoms with Crippen molar-refractivity contribution in [2.24, 2.45) is 5.92 Å². The van der Waals surface area contributed by atoms with E-state index in [1.807, 2.05) is 38.6 Å². The molecule has 3 amide bonds. The maximum absolute atomic E-state index is 12.1. The van der Waals surface area contributed by atoms with Crippen LogP contribution in [0.3, 0.4) is 0 Å². The first-order valence-electron chi connectivity index (χ1n) is 12.1. The summed E-state index contributed by atoms with van der Waals surface area (Å²) < 4.78 is 14.8. The number of methoxy groups -OCH3 is 1. The predicted molar refractivity (Wildman–Crippen MR) is 142 cm³/mol. The van der Waals surface area contributed by atoms with E-state index >= 15 is 0 Å². The minimum Gasteiger partial charge on any atom is -0.383 e. The van der Waals surface area contributed by atoms with E-state index in [9.17, 15) is 19.2 Å². The lowest BCUT2D eigenvalue weighted by atomic mass is 9.93. The van der Waals surface area contributed by atoms with Gasteiger partial charge in [0.1, 0.15) is 11.4 Å². The second-order valence-corrected chi connectivity index (χ2v) is 10.1. The Morgan fingerprint density at radius 2 is 1.92 bits per heavy atom. The van der Waals surface area contributed by atoms with Gasteiger partial charge in [0, 0.05) is 30.3 Å². The van der Waals surface area contributed by atoms with Crippen molar-refractivity contribution >= 4 is 35.3 Å². The summed E-state index contributed by atoms with van der Waals surface area (Å²) >= 11 is 1.63. The van der Waals surface area contributed by atoms with Gasteiger partial charge in [-0.05, 0) is 40.0 Å². The van der Waals surface area contributed by atoms with Gasteiger partial charge in [-0.25, -0.2) is 0 Å². The molecule has 3 rings (SSSR count). The molecule has 0 saturated carbocycles. The smallest absolute Gasteiger partial charge is 0.273 e. The molecule has 0 unspecified atom stereocenters. The average Bonchev–Trinajstić information content (AvgIpc) is 3.19. The SMILES string of the molecule is CC(C)C[C@H](NC(=O)CNC=O)C(=O)[C@@]1(C)CO1.COC[C@@H](C)NC(=O)c1cc(C)on1.Cc1cscn1. The summed E-state index contributed by atoms with van der Waals surface area (Å²) in [5.41, 5.74) is 2.49. The number of carbonyl (C=O) groups is 4. The Bertz CT molecular complexity index is 1010. The number of Topliss-reactive ketones (excluding diaryl/α,β-unsaturated/α-hetero) is 1. The van der Waals surface area contributed by atoms with Gasteiger partial charge in [-0.1, -0.05) is 19.0 Å². The van der Waals surface area contributed by atoms with E-state index in [0.717, 1.165) is 5.69 Å². The zero-order valence-corrected chi connectivity index (χ0v) is 23.8. The number of aryl methyl sites for hydroxylation is 2. The van der Waals surface area contributed by atoms with E-state index in [1.165, 1.54) is 0 Å². The summed E-state index contributed by atoms with van der Waals surface area (Å²) in [6.07, 6.45) is 1.01. The van der Waals surface area contributed by atoms with Gasteiger partial charge < -0.3 is 29.9 Å². The Morgan fingerprint density at radius 1 is 1.24 bits per heavy atom. The summed E-state index contributed by atoms with van der Waals surface area (Å²) in [6, 6.07) is 0.998. The molecular formula is C25H39N5O7S. The lowest BCUT2D eigenvalue weighted by Gasteiger charge is -2.21. The van der Waals surface area contributed by atoms with E-state index in [-0.39, 0.29) is 36.1 Å². The Hall–Kier alpha value is -3.16. The van der Waals surface area contributed by atoms with Crippen LogP contribution in [0.25, 0.3) is 0 Å². The predicted octanol–water partition coefficient (Wildman–Crippen LogP) is 1.82. The Labute approximate surface area is 227 Å². The van der Waals surface area contributed by atoms with E-state index in [0.29, 0.717) is 37.5 Å². The largest absolute Gasteiger partial charge is 0.383 e. The number of rotatable bonds is 12. The molecule has 0 spiro atoms. The van der Waals surface area contributed by atoms with Crippen molar-refractivity contribution in [3.8, 4) is 0 Å². The number of nitrogens with one attached hydrogen (secondary N) is 3. The molecule has 3 N–H and O–H groups in total. The molecule has 3 atom stereocenters. The second kappa shape index (κ2) is 16.6. The van der Waals surface area contributed by atoms with Crippen LogP contribution in [0.2, 0.25) is 0 Å². The van der Waals surface area contributed by atoms with E-state index in [4.69, 9.17) is 14.0 Å². The van der Waals surface area contributed by atoms with Crippen LogP contribution in [0.5, 0.6) is 0 Å². The van der Waals surface area contributed by atoms with Crippen LogP contribution in [0, 0.1) is 19.8 Å². The third-order valence-electron chi connectivity index (χ3n) is 5.01. The van der Waals surface area contributed by atoms with Crippen molar-refractivity contribution in [3.63, 3.8) is 0 Å². The van der Waals surface area contributed by atoms with Crippen LogP contribution >= 0.6 is 11.3 Å². The molecule has 13 heteroatoms. The maximum atomic E-state index is 12.1. The number of carbonyl (C=O) groups excluding carboxylic acids is 4. The second-order valence-electron chi connectivity index (χ2n) is 9.41. The summed E-state index contributed by atoms with van der Waals surface area (Å²) in [7, 11) is 1.59. The van der Waals surface area contributed by atoms with Crippen molar-refractivity contribution < 1.29 is 33.2 Å². The van der Waals surface area contributed by atoms with Gasteiger partial charge in [-0.3, -0.25) is 24.2 Å². The molecule has 3 heterocycles. The highest BCUT2D eigenvalue weighted by Crippen LogP contribution is 2.29. The molecule has 2 aromatic heterocycles. The standard InChI is InChI=1S/C12H20N2O4.C9H14N2O3.C4H5NS/c1-8(2)4-9(11(17)12(3)6-18-12)14-10(16)5-13-7-15;1-6(5-13-3)10-9(12)8-4-7(2)14-11-8;1-4-2-6-3-5-4/h7-9H,4-6H2,1-3H3,(H,13,15)(H,14,16);4,6H,5H2,1-3H3,(H,10,12);2-3H,1H3/t9-,12+;6-;/m01./s1.